The number of hydrogen-bond donors (Lipinski definition) is 0. The molecule has 0 saturated heterocycles. The van der Waals surface area contributed by atoms with Gasteiger partial charge in [-0.15, -0.1) is 5.92 Å². The molecule has 1 aliphatic heterocycles. The van der Waals surface area contributed by atoms with Crippen molar-refractivity contribution in [3.05, 3.63) is 88.7 Å². The van der Waals surface area contributed by atoms with E-state index in [0.717, 1.165) is 32.2 Å². The van der Waals surface area contributed by atoms with E-state index in [1.807, 2.05) is 6.92 Å². The standard InChI is InChI=1S/C28H33N/c1-5-9-11-16-23-17-14-18-25-24(8-4)28(19-10-6-2)29(21-26(23)25)27-20-13-12-15-22(27)7-3/h8-9,11-15,18-20,23H,5,7,16-17,21H2,1-4H3/b11-9?,24-8-,28-19+. The van der Waals surface area contributed by atoms with Gasteiger partial charge in [0.1, 0.15) is 0 Å². The number of anilines is 1. The second-order valence-corrected chi connectivity index (χ2v) is 7.58. The molecular formula is C28H33N. The minimum atomic E-state index is 0.572. The largest absolute Gasteiger partial charge is 0.336 e. The summed E-state index contributed by atoms with van der Waals surface area (Å²) >= 11 is 0. The van der Waals surface area contributed by atoms with Crippen LogP contribution >= 0.6 is 0 Å². The Balaban J connectivity index is 2.13. The Bertz CT molecular complexity index is 940. The molecule has 0 amide bonds. The van der Waals surface area contributed by atoms with Crippen LogP contribution in [-0.4, -0.2) is 6.54 Å². The first-order chi connectivity index (χ1) is 14.2. The van der Waals surface area contributed by atoms with E-state index in [0.29, 0.717) is 5.92 Å². The first-order valence-electron chi connectivity index (χ1n) is 10.9. The number of nitrogens with zero attached hydrogens (tertiary/aromatic N) is 1. The van der Waals surface area contributed by atoms with Gasteiger partial charge in [0.15, 0.2) is 0 Å². The summed E-state index contributed by atoms with van der Waals surface area (Å²) in [5.74, 6) is 6.84. The van der Waals surface area contributed by atoms with Crippen molar-refractivity contribution >= 4 is 5.69 Å². The predicted molar refractivity (Wildman–Crippen MR) is 127 cm³/mol. The molecule has 150 valence electrons. The SMILES string of the molecule is CC#C/C=C1\C(=C/C)C2=C(CN1c1ccccc1CC)C(CC=CCC)CC=C2. The maximum atomic E-state index is 3.22. The average molecular weight is 384 g/mol. The van der Waals surface area contributed by atoms with E-state index >= 15 is 0 Å². The molecule has 1 atom stereocenters. The van der Waals surface area contributed by atoms with Crippen LogP contribution in [0.3, 0.4) is 0 Å². The number of para-hydroxylation sites is 1. The number of allylic oxidation sites excluding steroid dienone is 7. The summed E-state index contributed by atoms with van der Waals surface area (Å²) in [6.07, 6.45) is 18.1. The minimum absolute atomic E-state index is 0.572. The van der Waals surface area contributed by atoms with Gasteiger partial charge >= 0.3 is 0 Å². The fourth-order valence-electron chi connectivity index (χ4n) is 4.39. The number of hydrogen-bond acceptors (Lipinski definition) is 1. The lowest BCUT2D eigenvalue weighted by molar-refractivity contribution is 0.597. The van der Waals surface area contributed by atoms with Gasteiger partial charge in [-0.2, -0.15) is 0 Å². The summed E-state index contributed by atoms with van der Waals surface area (Å²) in [5, 5.41) is 0. The molecule has 0 bridgehead atoms. The monoisotopic (exact) mass is 383 g/mol. The van der Waals surface area contributed by atoms with E-state index < -0.39 is 0 Å². The molecule has 0 N–H and O–H groups in total. The van der Waals surface area contributed by atoms with Gasteiger partial charge in [-0.25, -0.2) is 0 Å². The Morgan fingerprint density at radius 2 is 2.00 bits per heavy atom. The lowest BCUT2D eigenvalue weighted by Crippen LogP contribution is -2.35. The van der Waals surface area contributed by atoms with E-state index in [9.17, 15) is 0 Å². The summed E-state index contributed by atoms with van der Waals surface area (Å²) in [6.45, 7) is 9.43. The smallest absolute Gasteiger partial charge is 0.0574 e. The molecule has 0 spiro atoms. The van der Waals surface area contributed by atoms with Gasteiger partial charge in [0.2, 0.25) is 0 Å². The fraction of sp³-hybridized carbons (Fsp3) is 0.357. The molecule has 29 heavy (non-hydrogen) atoms. The van der Waals surface area contributed by atoms with Crippen molar-refractivity contribution in [2.45, 2.75) is 53.4 Å². The third-order valence-corrected chi connectivity index (χ3v) is 5.86. The molecular weight excluding hydrogens is 350 g/mol. The highest BCUT2D eigenvalue weighted by Gasteiger charge is 2.31. The van der Waals surface area contributed by atoms with Crippen LogP contribution in [0.4, 0.5) is 5.69 Å². The van der Waals surface area contributed by atoms with Crippen LogP contribution in [0.25, 0.3) is 0 Å². The third-order valence-electron chi connectivity index (χ3n) is 5.86. The molecule has 1 unspecified atom stereocenters. The Hall–Kier alpha value is -2.72. The van der Waals surface area contributed by atoms with Gasteiger partial charge in [0.25, 0.3) is 0 Å². The van der Waals surface area contributed by atoms with Crippen LogP contribution in [0.15, 0.2) is 83.1 Å². The van der Waals surface area contributed by atoms with E-state index in [4.69, 9.17) is 0 Å². The quantitative estimate of drug-likeness (QED) is 0.385. The minimum Gasteiger partial charge on any atom is -0.336 e. The topological polar surface area (TPSA) is 3.24 Å². The summed E-state index contributed by atoms with van der Waals surface area (Å²) in [7, 11) is 0. The summed E-state index contributed by atoms with van der Waals surface area (Å²) in [6, 6.07) is 8.80. The van der Waals surface area contributed by atoms with Crippen LogP contribution in [0.5, 0.6) is 0 Å². The molecule has 1 heteroatoms. The van der Waals surface area contributed by atoms with Crippen LogP contribution in [-0.2, 0) is 6.42 Å². The normalized spacial score (nSPS) is 21.7. The second-order valence-electron chi connectivity index (χ2n) is 7.58. The molecule has 3 rings (SSSR count). The molecule has 1 aliphatic carbocycles. The zero-order chi connectivity index (χ0) is 20.6. The number of aryl methyl sites for hydroxylation is 1. The first kappa shape index (κ1) is 21.0. The lowest BCUT2D eigenvalue weighted by atomic mass is 9.78. The van der Waals surface area contributed by atoms with E-state index in [2.05, 4.69) is 98.2 Å². The summed E-state index contributed by atoms with van der Waals surface area (Å²) in [5.41, 5.74) is 8.19. The van der Waals surface area contributed by atoms with Gasteiger partial charge in [-0.05, 0) is 68.2 Å². The average Bonchev–Trinajstić information content (AvgIpc) is 2.77. The molecule has 1 aromatic carbocycles. The molecule has 0 saturated carbocycles. The van der Waals surface area contributed by atoms with E-state index in [1.165, 1.54) is 28.1 Å². The van der Waals surface area contributed by atoms with Crippen LogP contribution in [0, 0.1) is 17.8 Å². The van der Waals surface area contributed by atoms with Crippen molar-refractivity contribution in [3.8, 4) is 11.8 Å². The Kier molecular flexibility index (Phi) is 7.36. The maximum absolute atomic E-state index is 3.22. The molecule has 1 nitrogen and oxygen atoms in total. The van der Waals surface area contributed by atoms with Gasteiger partial charge in [0, 0.05) is 23.9 Å². The van der Waals surface area contributed by atoms with Crippen LogP contribution in [0.1, 0.15) is 52.5 Å². The third kappa shape index (κ3) is 4.48. The Labute approximate surface area is 177 Å². The predicted octanol–water partition coefficient (Wildman–Crippen LogP) is 7.15. The zero-order valence-corrected chi connectivity index (χ0v) is 18.3. The Morgan fingerprint density at radius 1 is 1.17 bits per heavy atom. The van der Waals surface area contributed by atoms with Crippen molar-refractivity contribution in [3.63, 3.8) is 0 Å². The first-order valence-corrected chi connectivity index (χ1v) is 10.9. The van der Waals surface area contributed by atoms with Gasteiger partial charge < -0.3 is 4.90 Å². The molecule has 0 fully saturated rings. The van der Waals surface area contributed by atoms with Crippen molar-refractivity contribution in [1.29, 1.82) is 0 Å². The molecule has 1 aromatic rings. The van der Waals surface area contributed by atoms with Crippen molar-refractivity contribution < 1.29 is 0 Å². The van der Waals surface area contributed by atoms with Crippen LogP contribution < -0.4 is 4.90 Å². The summed E-state index contributed by atoms with van der Waals surface area (Å²) < 4.78 is 0. The van der Waals surface area contributed by atoms with Gasteiger partial charge in [-0.1, -0.05) is 68.3 Å². The van der Waals surface area contributed by atoms with Crippen molar-refractivity contribution in [2.75, 3.05) is 11.4 Å². The van der Waals surface area contributed by atoms with E-state index in [1.54, 1.807) is 5.57 Å². The highest BCUT2D eigenvalue weighted by atomic mass is 15.2. The van der Waals surface area contributed by atoms with Gasteiger partial charge in [0.05, 0.1) is 5.70 Å². The van der Waals surface area contributed by atoms with Crippen molar-refractivity contribution in [2.24, 2.45) is 5.92 Å². The lowest BCUT2D eigenvalue weighted by Gasteiger charge is -2.40. The second kappa shape index (κ2) is 10.2. The van der Waals surface area contributed by atoms with Crippen LogP contribution in [0.2, 0.25) is 0 Å². The zero-order valence-electron chi connectivity index (χ0n) is 18.3. The number of benzene rings is 1. The molecule has 2 aliphatic rings. The highest BCUT2D eigenvalue weighted by molar-refractivity contribution is 5.71. The fourth-order valence-corrected chi connectivity index (χ4v) is 4.39. The molecule has 0 radical (unpaired) electrons. The number of rotatable bonds is 5. The van der Waals surface area contributed by atoms with E-state index in [-0.39, 0.29) is 0 Å². The molecule has 1 heterocycles. The summed E-state index contributed by atoms with van der Waals surface area (Å²) in [4.78, 5) is 2.49. The highest BCUT2D eigenvalue weighted by Crippen LogP contribution is 2.42. The van der Waals surface area contributed by atoms with Crippen molar-refractivity contribution in [1.82, 2.24) is 0 Å². The molecule has 0 aromatic heterocycles. The maximum Gasteiger partial charge on any atom is 0.0574 e. The Morgan fingerprint density at radius 3 is 2.72 bits per heavy atom. The van der Waals surface area contributed by atoms with Gasteiger partial charge in [-0.3, -0.25) is 0 Å².